The summed E-state index contributed by atoms with van der Waals surface area (Å²) in [7, 11) is 0. The number of amides is 1. The van der Waals surface area contributed by atoms with Gasteiger partial charge < -0.3 is 10.0 Å². The predicted octanol–water partition coefficient (Wildman–Crippen LogP) is 2.99. The third kappa shape index (κ3) is 3.61. The van der Waals surface area contributed by atoms with Crippen molar-refractivity contribution in [2.45, 2.75) is 32.6 Å². The number of hydrogen-bond acceptors (Lipinski definition) is 2. The molecule has 1 aromatic rings. The summed E-state index contributed by atoms with van der Waals surface area (Å²) >= 11 is 0. The standard InChI is InChI=1S/C16H19F2NO3/c1-10-4-6-12(15(18)14(10)17)16(22)19-8-2-3-11(9-19)5-7-13(20)21/h4,6,11H,2-3,5,7-9H2,1H3,(H,20,21). The summed E-state index contributed by atoms with van der Waals surface area (Å²) in [5.41, 5.74) is -0.103. The van der Waals surface area contributed by atoms with E-state index in [1.165, 1.54) is 24.0 Å². The Hall–Kier alpha value is -1.98. The quantitative estimate of drug-likeness (QED) is 0.930. The van der Waals surface area contributed by atoms with Gasteiger partial charge in [-0.05, 0) is 43.7 Å². The molecule has 1 aliphatic rings. The first kappa shape index (κ1) is 16.4. The number of hydrogen-bond donors (Lipinski definition) is 1. The van der Waals surface area contributed by atoms with E-state index >= 15 is 0 Å². The summed E-state index contributed by atoms with van der Waals surface area (Å²) in [5, 5.41) is 8.72. The third-order valence-corrected chi connectivity index (χ3v) is 4.08. The van der Waals surface area contributed by atoms with Crippen LogP contribution in [0.15, 0.2) is 12.1 Å². The van der Waals surface area contributed by atoms with Crippen molar-refractivity contribution >= 4 is 11.9 Å². The van der Waals surface area contributed by atoms with E-state index in [2.05, 4.69) is 0 Å². The number of piperidine rings is 1. The lowest BCUT2D eigenvalue weighted by Crippen LogP contribution is -2.40. The van der Waals surface area contributed by atoms with E-state index in [1.807, 2.05) is 0 Å². The van der Waals surface area contributed by atoms with Crippen LogP contribution in [0.3, 0.4) is 0 Å². The number of carboxylic acids is 1. The minimum atomic E-state index is -1.11. The van der Waals surface area contributed by atoms with Crippen molar-refractivity contribution in [3.8, 4) is 0 Å². The summed E-state index contributed by atoms with van der Waals surface area (Å²) in [4.78, 5) is 24.5. The number of carbonyl (C=O) groups is 2. The third-order valence-electron chi connectivity index (χ3n) is 4.08. The molecule has 4 nitrogen and oxygen atoms in total. The zero-order valence-electron chi connectivity index (χ0n) is 12.4. The van der Waals surface area contributed by atoms with Gasteiger partial charge in [0.25, 0.3) is 5.91 Å². The molecule has 6 heteroatoms. The van der Waals surface area contributed by atoms with Crippen LogP contribution in [-0.2, 0) is 4.79 Å². The molecule has 1 heterocycles. The number of nitrogens with zero attached hydrogens (tertiary/aromatic N) is 1. The first-order valence-electron chi connectivity index (χ1n) is 7.35. The second kappa shape index (κ2) is 6.85. The minimum absolute atomic E-state index is 0.0558. The van der Waals surface area contributed by atoms with Crippen molar-refractivity contribution in [1.82, 2.24) is 4.90 Å². The van der Waals surface area contributed by atoms with Gasteiger partial charge in [-0.2, -0.15) is 0 Å². The fourth-order valence-corrected chi connectivity index (χ4v) is 2.79. The molecule has 0 aromatic heterocycles. The van der Waals surface area contributed by atoms with Gasteiger partial charge in [-0.3, -0.25) is 9.59 Å². The second-order valence-electron chi connectivity index (χ2n) is 5.75. The Balaban J connectivity index is 2.09. The van der Waals surface area contributed by atoms with Crippen LogP contribution in [0, 0.1) is 24.5 Å². The highest BCUT2D eigenvalue weighted by atomic mass is 19.2. The van der Waals surface area contributed by atoms with Gasteiger partial charge in [0.15, 0.2) is 11.6 Å². The minimum Gasteiger partial charge on any atom is -0.481 e. The molecule has 1 N–H and O–H groups in total. The van der Waals surface area contributed by atoms with E-state index in [9.17, 15) is 18.4 Å². The van der Waals surface area contributed by atoms with Crippen LogP contribution in [0.2, 0.25) is 0 Å². The van der Waals surface area contributed by atoms with E-state index in [-0.39, 0.29) is 23.5 Å². The Morgan fingerprint density at radius 1 is 1.32 bits per heavy atom. The molecule has 1 unspecified atom stereocenters. The maximum atomic E-state index is 13.9. The lowest BCUT2D eigenvalue weighted by molar-refractivity contribution is -0.137. The lowest BCUT2D eigenvalue weighted by Gasteiger charge is -2.32. The highest BCUT2D eigenvalue weighted by Gasteiger charge is 2.27. The SMILES string of the molecule is Cc1ccc(C(=O)N2CCCC(CCC(=O)O)C2)c(F)c1F. The van der Waals surface area contributed by atoms with E-state index in [0.29, 0.717) is 19.5 Å². The van der Waals surface area contributed by atoms with E-state index in [4.69, 9.17) is 5.11 Å². The average Bonchev–Trinajstić information content (AvgIpc) is 2.50. The zero-order chi connectivity index (χ0) is 16.3. The normalized spacial score (nSPS) is 18.3. The van der Waals surface area contributed by atoms with Crippen LogP contribution in [0.1, 0.15) is 41.6 Å². The summed E-state index contributed by atoms with van der Waals surface area (Å²) in [5.74, 6) is -3.42. The first-order valence-corrected chi connectivity index (χ1v) is 7.35. The van der Waals surface area contributed by atoms with Gasteiger partial charge in [0, 0.05) is 19.5 Å². The van der Waals surface area contributed by atoms with Gasteiger partial charge >= 0.3 is 5.97 Å². The number of benzene rings is 1. The van der Waals surface area contributed by atoms with Crippen LogP contribution in [-0.4, -0.2) is 35.0 Å². The molecule has 1 saturated heterocycles. The molecule has 0 spiro atoms. The smallest absolute Gasteiger partial charge is 0.303 e. The van der Waals surface area contributed by atoms with E-state index in [0.717, 1.165) is 12.8 Å². The molecule has 0 aliphatic carbocycles. The molecule has 0 radical (unpaired) electrons. The highest BCUT2D eigenvalue weighted by molar-refractivity contribution is 5.94. The van der Waals surface area contributed by atoms with Gasteiger partial charge in [-0.1, -0.05) is 6.07 Å². The fraction of sp³-hybridized carbons (Fsp3) is 0.500. The Kier molecular flexibility index (Phi) is 5.11. The number of carbonyl (C=O) groups excluding carboxylic acids is 1. The van der Waals surface area contributed by atoms with Crippen LogP contribution >= 0.6 is 0 Å². The number of aryl methyl sites for hydroxylation is 1. The maximum absolute atomic E-state index is 13.9. The van der Waals surface area contributed by atoms with Gasteiger partial charge in [0.05, 0.1) is 5.56 Å². The van der Waals surface area contributed by atoms with Crippen molar-refractivity contribution in [2.24, 2.45) is 5.92 Å². The van der Waals surface area contributed by atoms with Crippen LogP contribution in [0.4, 0.5) is 8.78 Å². The van der Waals surface area contributed by atoms with Crippen molar-refractivity contribution in [3.05, 3.63) is 34.9 Å². The van der Waals surface area contributed by atoms with E-state index in [1.54, 1.807) is 0 Å². The predicted molar refractivity (Wildman–Crippen MR) is 76.6 cm³/mol. The summed E-state index contributed by atoms with van der Waals surface area (Å²) in [6.45, 7) is 2.31. The number of halogens is 2. The van der Waals surface area contributed by atoms with Crippen LogP contribution in [0.25, 0.3) is 0 Å². The Morgan fingerprint density at radius 2 is 2.05 bits per heavy atom. The van der Waals surface area contributed by atoms with Gasteiger partial charge in [-0.25, -0.2) is 8.78 Å². The molecule has 1 fully saturated rings. The zero-order valence-corrected chi connectivity index (χ0v) is 12.4. The molecule has 2 rings (SSSR count). The molecule has 0 bridgehead atoms. The van der Waals surface area contributed by atoms with Gasteiger partial charge in [0.2, 0.25) is 0 Å². The molecule has 1 aromatic carbocycles. The number of aliphatic carboxylic acids is 1. The molecule has 1 atom stereocenters. The second-order valence-corrected chi connectivity index (χ2v) is 5.75. The van der Waals surface area contributed by atoms with Gasteiger partial charge in [-0.15, -0.1) is 0 Å². The summed E-state index contributed by atoms with van der Waals surface area (Å²) < 4.78 is 27.5. The molecule has 120 valence electrons. The van der Waals surface area contributed by atoms with Crippen molar-refractivity contribution < 1.29 is 23.5 Å². The van der Waals surface area contributed by atoms with Crippen molar-refractivity contribution in [3.63, 3.8) is 0 Å². The molecule has 1 amide bonds. The maximum Gasteiger partial charge on any atom is 0.303 e. The Morgan fingerprint density at radius 3 is 2.73 bits per heavy atom. The summed E-state index contributed by atoms with van der Waals surface area (Å²) in [6, 6.07) is 2.69. The molecular weight excluding hydrogens is 292 g/mol. The lowest BCUT2D eigenvalue weighted by atomic mass is 9.93. The monoisotopic (exact) mass is 311 g/mol. The topological polar surface area (TPSA) is 57.6 Å². The average molecular weight is 311 g/mol. The van der Waals surface area contributed by atoms with Gasteiger partial charge in [0.1, 0.15) is 0 Å². The van der Waals surface area contributed by atoms with Crippen molar-refractivity contribution in [1.29, 1.82) is 0 Å². The Labute approximate surface area is 127 Å². The fourth-order valence-electron chi connectivity index (χ4n) is 2.79. The first-order chi connectivity index (χ1) is 10.4. The van der Waals surface area contributed by atoms with Crippen molar-refractivity contribution in [2.75, 3.05) is 13.1 Å². The number of carboxylic acid groups (broad SMARTS) is 1. The van der Waals surface area contributed by atoms with Crippen LogP contribution in [0.5, 0.6) is 0 Å². The molecular formula is C16H19F2NO3. The van der Waals surface area contributed by atoms with E-state index < -0.39 is 23.5 Å². The number of likely N-dealkylation sites (tertiary alicyclic amines) is 1. The number of rotatable bonds is 4. The highest BCUT2D eigenvalue weighted by Crippen LogP contribution is 2.24. The largest absolute Gasteiger partial charge is 0.481 e. The van der Waals surface area contributed by atoms with Crippen LogP contribution < -0.4 is 0 Å². The molecule has 0 saturated carbocycles. The molecule has 1 aliphatic heterocycles. The Bertz CT molecular complexity index is 589. The summed E-state index contributed by atoms with van der Waals surface area (Å²) in [6.07, 6.45) is 2.14. The molecule has 22 heavy (non-hydrogen) atoms.